The Kier molecular flexibility index (Phi) is 6.73. The molecule has 8 heteroatoms. The Balaban J connectivity index is 1.43. The van der Waals surface area contributed by atoms with Gasteiger partial charge in [0.25, 0.3) is 11.6 Å². The summed E-state index contributed by atoms with van der Waals surface area (Å²) in [5.74, 6) is 0.736. The number of nitro benzene ring substituents is 1. The summed E-state index contributed by atoms with van der Waals surface area (Å²) in [5, 5.41) is 13.2. The van der Waals surface area contributed by atoms with Crippen LogP contribution in [0, 0.1) is 10.1 Å². The molecule has 0 saturated heterocycles. The topological polar surface area (TPSA) is 108 Å². The Morgan fingerprint density at radius 1 is 0.833 bits per heavy atom. The maximum absolute atomic E-state index is 12.0. The molecule has 30 heavy (non-hydrogen) atoms. The highest BCUT2D eigenvalue weighted by Gasteiger charge is 2.11. The first-order chi connectivity index (χ1) is 14.5. The number of rotatable bonds is 8. The summed E-state index contributed by atoms with van der Waals surface area (Å²) < 4.78 is 10.9. The zero-order valence-corrected chi connectivity index (χ0v) is 15.8. The molecule has 3 aromatic rings. The van der Waals surface area contributed by atoms with E-state index in [2.05, 4.69) is 5.32 Å². The first-order valence-corrected chi connectivity index (χ1v) is 9.07. The molecule has 0 heterocycles. The van der Waals surface area contributed by atoms with Crippen LogP contribution in [0.4, 0.5) is 5.69 Å². The number of nitro groups is 1. The monoisotopic (exact) mass is 406 g/mol. The second-order valence-electron chi connectivity index (χ2n) is 6.17. The third kappa shape index (κ3) is 5.90. The van der Waals surface area contributed by atoms with Crippen LogP contribution in [0.5, 0.6) is 17.2 Å². The standard InChI is InChI=1S/C22H18N2O6/c25-21(14-15-23-22(26)16-6-8-17(9-7-16)24(27)28)30-20-12-10-19(11-13-20)29-18-4-2-1-3-5-18/h1-13H,14-15H2,(H,23,26). The third-order valence-electron chi connectivity index (χ3n) is 3.99. The molecule has 3 rings (SSSR count). The number of benzene rings is 3. The Bertz CT molecular complexity index is 1020. The van der Waals surface area contributed by atoms with Gasteiger partial charge in [0.2, 0.25) is 0 Å². The van der Waals surface area contributed by atoms with E-state index in [9.17, 15) is 19.7 Å². The van der Waals surface area contributed by atoms with Crippen molar-refractivity contribution in [2.45, 2.75) is 6.42 Å². The smallest absolute Gasteiger partial charge is 0.312 e. The number of nitrogens with one attached hydrogen (secondary N) is 1. The van der Waals surface area contributed by atoms with Crippen molar-refractivity contribution >= 4 is 17.6 Å². The minimum absolute atomic E-state index is 0.0268. The molecule has 0 atom stereocenters. The van der Waals surface area contributed by atoms with Crippen molar-refractivity contribution in [1.82, 2.24) is 5.32 Å². The molecule has 0 aliphatic carbocycles. The third-order valence-corrected chi connectivity index (χ3v) is 3.99. The summed E-state index contributed by atoms with van der Waals surface area (Å²) >= 11 is 0. The minimum atomic E-state index is -0.544. The zero-order valence-electron chi connectivity index (χ0n) is 15.8. The molecular weight excluding hydrogens is 388 g/mol. The van der Waals surface area contributed by atoms with Gasteiger partial charge in [-0.25, -0.2) is 0 Å². The van der Waals surface area contributed by atoms with Crippen molar-refractivity contribution in [2.24, 2.45) is 0 Å². The number of non-ortho nitro benzene ring substituents is 1. The van der Waals surface area contributed by atoms with Gasteiger partial charge in [0.15, 0.2) is 0 Å². The number of carbonyl (C=O) groups excluding carboxylic acids is 2. The minimum Gasteiger partial charge on any atom is -0.457 e. The van der Waals surface area contributed by atoms with Gasteiger partial charge in [-0.1, -0.05) is 18.2 Å². The number of para-hydroxylation sites is 1. The highest BCUT2D eigenvalue weighted by atomic mass is 16.6. The Labute approximate surface area is 172 Å². The Morgan fingerprint density at radius 2 is 1.43 bits per heavy atom. The van der Waals surface area contributed by atoms with Crippen molar-refractivity contribution in [2.75, 3.05) is 6.54 Å². The van der Waals surface area contributed by atoms with E-state index in [0.717, 1.165) is 0 Å². The Hall–Kier alpha value is -4.20. The predicted octanol–water partition coefficient (Wildman–Crippen LogP) is 4.11. The summed E-state index contributed by atoms with van der Waals surface area (Å²) in [6.45, 7) is 0.0733. The largest absolute Gasteiger partial charge is 0.457 e. The molecule has 0 aliphatic rings. The number of nitrogens with zero attached hydrogens (tertiary/aromatic N) is 1. The van der Waals surface area contributed by atoms with Crippen LogP contribution in [0.2, 0.25) is 0 Å². The molecule has 8 nitrogen and oxygen atoms in total. The number of ether oxygens (including phenoxy) is 2. The molecule has 0 bridgehead atoms. The Morgan fingerprint density at radius 3 is 2.07 bits per heavy atom. The lowest BCUT2D eigenvalue weighted by Gasteiger charge is -2.08. The average molecular weight is 406 g/mol. The van der Waals surface area contributed by atoms with Gasteiger partial charge in [-0.2, -0.15) is 0 Å². The fourth-order valence-corrected chi connectivity index (χ4v) is 2.50. The van der Waals surface area contributed by atoms with Crippen LogP contribution in [0.25, 0.3) is 0 Å². The van der Waals surface area contributed by atoms with Crippen LogP contribution < -0.4 is 14.8 Å². The molecule has 0 aliphatic heterocycles. The molecule has 152 valence electrons. The molecule has 0 unspecified atom stereocenters. The van der Waals surface area contributed by atoms with E-state index >= 15 is 0 Å². The van der Waals surface area contributed by atoms with Gasteiger partial charge in [0.05, 0.1) is 11.3 Å². The molecule has 0 radical (unpaired) electrons. The second-order valence-corrected chi connectivity index (χ2v) is 6.17. The van der Waals surface area contributed by atoms with Gasteiger partial charge in [0, 0.05) is 24.2 Å². The fourth-order valence-electron chi connectivity index (χ4n) is 2.50. The predicted molar refractivity (Wildman–Crippen MR) is 109 cm³/mol. The summed E-state index contributed by atoms with van der Waals surface area (Å²) in [4.78, 5) is 34.0. The van der Waals surface area contributed by atoms with Crippen LogP contribution in [-0.4, -0.2) is 23.3 Å². The number of amides is 1. The zero-order chi connectivity index (χ0) is 21.3. The van der Waals surface area contributed by atoms with Gasteiger partial charge >= 0.3 is 5.97 Å². The molecule has 3 aromatic carbocycles. The maximum atomic E-state index is 12.0. The van der Waals surface area contributed by atoms with Crippen molar-refractivity contribution in [3.8, 4) is 17.2 Å². The van der Waals surface area contributed by atoms with Crippen molar-refractivity contribution in [3.63, 3.8) is 0 Å². The van der Waals surface area contributed by atoms with Crippen LogP contribution in [0.3, 0.4) is 0 Å². The molecule has 0 fully saturated rings. The number of hydrogen-bond acceptors (Lipinski definition) is 6. The molecular formula is C22H18N2O6. The first-order valence-electron chi connectivity index (χ1n) is 9.07. The molecule has 0 aromatic heterocycles. The van der Waals surface area contributed by atoms with E-state index in [1.165, 1.54) is 24.3 Å². The van der Waals surface area contributed by atoms with Crippen LogP contribution in [0.1, 0.15) is 16.8 Å². The summed E-state index contributed by atoms with van der Waals surface area (Å²) in [6.07, 6.45) is -0.0268. The number of carbonyl (C=O) groups is 2. The number of esters is 1. The van der Waals surface area contributed by atoms with Crippen molar-refractivity contribution in [1.29, 1.82) is 0 Å². The molecule has 0 spiro atoms. The highest BCUT2D eigenvalue weighted by Crippen LogP contribution is 2.23. The molecule has 1 N–H and O–H groups in total. The van der Waals surface area contributed by atoms with Gasteiger partial charge in [0.1, 0.15) is 17.2 Å². The number of hydrogen-bond donors (Lipinski definition) is 1. The maximum Gasteiger partial charge on any atom is 0.312 e. The van der Waals surface area contributed by atoms with E-state index in [-0.39, 0.29) is 24.2 Å². The lowest BCUT2D eigenvalue weighted by molar-refractivity contribution is -0.384. The quantitative estimate of drug-likeness (QED) is 0.261. The van der Waals surface area contributed by atoms with E-state index in [4.69, 9.17) is 9.47 Å². The summed E-state index contributed by atoms with van der Waals surface area (Å²) in [6, 6.07) is 21.1. The van der Waals surface area contributed by atoms with Crippen LogP contribution >= 0.6 is 0 Å². The fraction of sp³-hybridized carbons (Fsp3) is 0.0909. The van der Waals surface area contributed by atoms with E-state index in [1.807, 2.05) is 30.3 Å². The normalized spacial score (nSPS) is 10.1. The average Bonchev–Trinajstić information content (AvgIpc) is 2.76. The molecule has 1 amide bonds. The lowest BCUT2D eigenvalue weighted by atomic mass is 10.2. The van der Waals surface area contributed by atoms with Crippen LogP contribution in [-0.2, 0) is 4.79 Å². The van der Waals surface area contributed by atoms with E-state index in [1.54, 1.807) is 24.3 Å². The summed E-state index contributed by atoms with van der Waals surface area (Å²) in [5.41, 5.74) is 0.165. The highest BCUT2D eigenvalue weighted by molar-refractivity contribution is 5.94. The SMILES string of the molecule is O=C(CCNC(=O)c1ccc([N+](=O)[O-])cc1)Oc1ccc(Oc2ccccc2)cc1. The van der Waals surface area contributed by atoms with Gasteiger partial charge in [-0.3, -0.25) is 19.7 Å². The van der Waals surface area contributed by atoms with Gasteiger partial charge in [-0.15, -0.1) is 0 Å². The first kappa shape index (κ1) is 20.5. The van der Waals surface area contributed by atoms with Crippen molar-refractivity contribution < 1.29 is 24.0 Å². The van der Waals surface area contributed by atoms with Gasteiger partial charge in [-0.05, 0) is 48.5 Å². The van der Waals surface area contributed by atoms with E-state index < -0.39 is 16.8 Å². The second kappa shape index (κ2) is 9.83. The lowest BCUT2D eigenvalue weighted by Crippen LogP contribution is -2.27. The summed E-state index contributed by atoms with van der Waals surface area (Å²) in [7, 11) is 0. The van der Waals surface area contributed by atoms with Gasteiger partial charge < -0.3 is 14.8 Å². The van der Waals surface area contributed by atoms with E-state index in [0.29, 0.717) is 17.2 Å². The van der Waals surface area contributed by atoms with Crippen LogP contribution in [0.15, 0.2) is 78.9 Å². The molecule has 0 saturated carbocycles. The van der Waals surface area contributed by atoms with Crippen molar-refractivity contribution in [3.05, 3.63) is 94.5 Å².